The van der Waals surface area contributed by atoms with E-state index in [2.05, 4.69) is 57.4 Å². The minimum atomic E-state index is -2.26. The van der Waals surface area contributed by atoms with Crippen molar-refractivity contribution in [2.75, 3.05) is 26.7 Å². The number of piperidine rings is 1. The zero-order chi connectivity index (χ0) is 23.1. The molecule has 33 heavy (non-hydrogen) atoms. The van der Waals surface area contributed by atoms with Crippen molar-refractivity contribution in [1.29, 1.82) is 0 Å². The van der Waals surface area contributed by atoms with Crippen LogP contribution < -0.4 is 14.8 Å². The van der Waals surface area contributed by atoms with E-state index >= 15 is 0 Å². The number of nitrogens with one attached hydrogen (secondary N) is 2. The first-order valence-corrected chi connectivity index (χ1v) is 13.1. The molecule has 2 aliphatic rings. The van der Waals surface area contributed by atoms with Crippen LogP contribution >= 0.6 is 0 Å². The highest BCUT2D eigenvalue weighted by atomic mass is 32.2. The molecule has 2 fully saturated rings. The van der Waals surface area contributed by atoms with Gasteiger partial charge in [0.25, 0.3) is 0 Å². The van der Waals surface area contributed by atoms with Gasteiger partial charge in [-0.15, -0.1) is 0 Å². The summed E-state index contributed by atoms with van der Waals surface area (Å²) >= 11 is -2.26. The highest BCUT2D eigenvalue weighted by molar-refractivity contribution is 7.77. The van der Waals surface area contributed by atoms with Gasteiger partial charge < -0.3 is 14.6 Å². The van der Waals surface area contributed by atoms with Gasteiger partial charge in [-0.25, -0.2) is 4.72 Å². The average molecular weight is 471 g/mol. The predicted octanol–water partition coefficient (Wildman–Crippen LogP) is 3.51. The van der Waals surface area contributed by atoms with Gasteiger partial charge in [0.05, 0.1) is 7.11 Å². The van der Waals surface area contributed by atoms with Crippen LogP contribution in [0.1, 0.15) is 49.7 Å². The number of nitrogens with zero attached hydrogens (tertiary/aromatic N) is 1. The molecule has 2 N–H and O–H groups in total. The predicted molar refractivity (Wildman–Crippen MR) is 132 cm³/mol. The summed E-state index contributed by atoms with van der Waals surface area (Å²) < 4.78 is 30.6. The van der Waals surface area contributed by atoms with Gasteiger partial charge in [0, 0.05) is 41.9 Å². The van der Waals surface area contributed by atoms with E-state index in [4.69, 9.17) is 4.74 Å². The molecule has 2 aromatic rings. The normalized spacial score (nSPS) is 25.6. The molecule has 1 heterocycles. The lowest BCUT2D eigenvalue weighted by Gasteiger charge is -2.43. The molecule has 0 bridgehead atoms. The first-order valence-electron chi connectivity index (χ1n) is 12.1. The van der Waals surface area contributed by atoms with E-state index in [0.717, 1.165) is 56.6 Å². The molecule has 0 amide bonds. The van der Waals surface area contributed by atoms with Crippen LogP contribution in [0.5, 0.6) is 5.75 Å². The van der Waals surface area contributed by atoms with Crippen molar-refractivity contribution in [3.63, 3.8) is 0 Å². The highest BCUT2D eigenvalue weighted by Crippen LogP contribution is 2.40. The van der Waals surface area contributed by atoms with Gasteiger partial charge in [0.1, 0.15) is 5.75 Å². The lowest BCUT2D eigenvalue weighted by atomic mass is 9.68. The van der Waals surface area contributed by atoms with Crippen molar-refractivity contribution in [1.82, 2.24) is 14.9 Å². The van der Waals surface area contributed by atoms with E-state index < -0.39 is 11.3 Å². The average Bonchev–Trinajstić information content (AvgIpc) is 2.85. The van der Waals surface area contributed by atoms with Crippen LogP contribution in [0.25, 0.3) is 0 Å². The third-order valence-corrected chi connectivity index (χ3v) is 7.84. The molecule has 6 nitrogen and oxygen atoms in total. The second-order valence-corrected chi connectivity index (χ2v) is 10.3. The molecule has 1 saturated carbocycles. The monoisotopic (exact) mass is 470 g/mol. The Hall–Kier alpha value is -1.77. The largest absolute Gasteiger partial charge is 0.760 e. The van der Waals surface area contributed by atoms with E-state index in [1.807, 2.05) is 12.1 Å². The standard InChI is InChI=1S/C26H37N3O3S/c1-32-25-9-5-8-22(18-25)26(20-27-33(30)31)14-10-23(11-15-26)28-24-12-16-29(17-13-24)19-21-6-3-2-4-7-21/h2-9,18,23-24,27-28H,10-17,19-20H2,1H3,(H,30,31)/p-1. The summed E-state index contributed by atoms with van der Waals surface area (Å²) in [5.41, 5.74) is 2.36. The zero-order valence-corrected chi connectivity index (χ0v) is 20.3. The maximum absolute atomic E-state index is 11.3. The van der Waals surface area contributed by atoms with E-state index in [1.165, 1.54) is 18.4 Å². The van der Waals surface area contributed by atoms with Crippen LogP contribution in [0, 0.1) is 0 Å². The van der Waals surface area contributed by atoms with E-state index in [-0.39, 0.29) is 5.41 Å². The number of likely N-dealkylation sites (tertiary alicyclic amines) is 1. The topological polar surface area (TPSA) is 76.7 Å². The first-order chi connectivity index (χ1) is 16.1. The Labute approximate surface area is 200 Å². The van der Waals surface area contributed by atoms with Gasteiger partial charge in [-0.05, 0) is 74.9 Å². The van der Waals surface area contributed by atoms with Crippen LogP contribution in [0.15, 0.2) is 54.6 Å². The molecule has 1 unspecified atom stereocenters. The smallest absolute Gasteiger partial charge is 0.119 e. The summed E-state index contributed by atoms with van der Waals surface area (Å²) in [4.78, 5) is 2.55. The second-order valence-electron chi connectivity index (χ2n) is 9.55. The van der Waals surface area contributed by atoms with Crippen LogP contribution in [0.4, 0.5) is 0 Å². The molecule has 1 atom stereocenters. The molecule has 1 aliphatic heterocycles. The molecule has 180 valence electrons. The van der Waals surface area contributed by atoms with Crippen molar-refractivity contribution in [2.24, 2.45) is 0 Å². The fourth-order valence-electron chi connectivity index (χ4n) is 5.49. The number of hydrogen-bond acceptors (Lipinski definition) is 5. The molecule has 4 rings (SSSR count). The fraction of sp³-hybridized carbons (Fsp3) is 0.538. The van der Waals surface area contributed by atoms with Gasteiger partial charge in [-0.2, -0.15) is 0 Å². The highest BCUT2D eigenvalue weighted by Gasteiger charge is 2.37. The SMILES string of the molecule is COc1cccc(C2(CNS(=O)[O-])CCC(NC3CCN(Cc4ccccc4)CC3)CC2)c1. The summed E-state index contributed by atoms with van der Waals surface area (Å²) in [6.45, 7) is 3.73. The van der Waals surface area contributed by atoms with Gasteiger partial charge in [0.2, 0.25) is 0 Å². The Morgan fingerprint density at radius 2 is 1.73 bits per heavy atom. The van der Waals surface area contributed by atoms with Crippen LogP contribution in [-0.4, -0.2) is 52.5 Å². The first kappa shape index (κ1) is 24.4. The summed E-state index contributed by atoms with van der Waals surface area (Å²) in [5.74, 6) is 0.817. The van der Waals surface area contributed by atoms with Crippen LogP contribution in [0.2, 0.25) is 0 Å². The molecule has 1 saturated heterocycles. The molecule has 0 aromatic heterocycles. The van der Waals surface area contributed by atoms with Crippen LogP contribution in [0.3, 0.4) is 0 Å². The van der Waals surface area contributed by atoms with Gasteiger partial charge >= 0.3 is 0 Å². The third kappa shape index (κ3) is 6.64. The van der Waals surface area contributed by atoms with E-state index in [0.29, 0.717) is 18.6 Å². The number of methoxy groups -OCH3 is 1. The number of hydrogen-bond donors (Lipinski definition) is 2. The summed E-state index contributed by atoms with van der Waals surface area (Å²) in [5, 5.41) is 3.93. The van der Waals surface area contributed by atoms with E-state index in [1.54, 1.807) is 7.11 Å². The lowest BCUT2D eigenvalue weighted by molar-refractivity contribution is 0.167. The minimum absolute atomic E-state index is 0.189. The second kappa shape index (κ2) is 11.6. The number of rotatable bonds is 9. The Kier molecular flexibility index (Phi) is 8.55. The summed E-state index contributed by atoms with van der Waals surface area (Å²) in [6.07, 6.45) is 6.37. The summed E-state index contributed by atoms with van der Waals surface area (Å²) in [7, 11) is 1.67. The molecular formula is C26H36N3O3S-. The molecule has 1 aliphatic carbocycles. The van der Waals surface area contributed by atoms with Crippen molar-refractivity contribution in [2.45, 2.75) is 62.6 Å². The Morgan fingerprint density at radius 3 is 2.39 bits per heavy atom. The Bertz CT molecular complexity index is 895. The minimum Gasteiger partial charge on any atom is -0.760 e. The maximum atomic E-state index is 11.3. The van der Waals surface area contributed by atoms with Crippen molar-refractivity contribution in [3.05, 3.63) is 65.7 Å². The van der Waals surface area contributed by atoms with Crippen LogP contribution in [-0.2, 0) is 23.2 Å². The quantitative estimate of drug-likeness (QED) is 0.549. The van der Waals surface area contributed by atoms with Crippen molar-refractivity contribution in [3.8, 4) is 5.75 Å². The fourth-order valence-corrected chi connectivity index (χ4v) is 5.88. The van der Waals surface area contributed by atoms with Gasteiger partial charge in [0.15, 0.2) is 0 Å². The van der Waals surface area contributed by atoms with Crippen molar-refractivity contribution >= 4 is 11.3 Å². The van der Waals surface area contributed by atoms with Crippen molar-refractivity contribution < 1.29 is 13.5 Å². The molecular weight excluding hydrogens is 434 g/mol. The molecule has 0 radical (unpaired) electrons. The number of ether oxygens (including phenoxy) is 1. The number of benzene rings is 2. The zero-order valence-electron chi connectivity index (χ0n) is 19.5. The lowest BCUT2D eigenvalue weighted by Crippen LogP contribution is -2.50. The summed E-state index contributed by atoms with van der Waals surface area (Å²) in [6, 6.07) is 19.9. The molecule has 7 heteroatoms. The molecule has 2 aromatic carbocycles. The van der Waals surface area contributed by atoms with Gasteiger partial charge in [-0.1, -0.05) is 42.5 Å². The Balaban J connectivity index is 1.30. The van der Waals surface area contributed by atoms with Gasteiger partial charge in [-0.3, -0.25) is 9.11 Å². The Morgan fingerprint density at radius 1 is 1.03 bits per heavy atom. The maximum Gasteiger partial charge on any atom is 0.119 e. The molecule has 0 spiro atoms. The van der Waals surface area contributed by atoms with E-state index in [9.17, 15) is 8.76 Å². The third-order valence-electron chi connectivity index (χ3n) is 7.46.